The van der Waals surface area contributed by atoms with Gasteiger partial charge in [0.1, 0.15) is 5.78 Å². The van der Waals surface area contributed by atoms with Crippen LogP contribution in [0.4, 0.5) is 11.4 Å². The highest BCUT2D eigenvalue weighted by Crippen LogP contribution is 2.42. The lowest BCUT2D eigenvalue weighted by molar-refractivity contribution is -0.385. The molecule has 3 rings (SSSR count). The number of nitro groups is 1. The van der Waals surface area contributed by atoms with Crippen molar-refractivity contribution in [2.45, 2.75) is 19.9 Å². The van der Waals surface area contributed by atoms with Gasteiger partial charge in [-0.1, -0.05) is 30.3 Å². The lowest BCUT2D eigenvalue weighted by Gasteiger charge is -2.27. The van der Waals surface area contributed by atoms with Crippen molar-refractivity contribution in [3.63, 3.8) is 0 Å². The van der Waals surface area contributed by atoms with Crippen LogP contribution >= 0.6 is 0 Å². The summed E-state index contributed by atoms with van der Waals surface area (Å²) in [4.78, 5) is 23.3. The highest BCUT2D eigenvalue weighted by atomic mass is 16.6. The van der Waals surface area contributed by atoms with Crippen LogP contribution in [0, 0.1) is 16.0 Å². The number of hydrogen-bond acceptors (Lipinski definition) is 5. The summed E-state index contributed by atoms with van der Waals surface area (Å²) in [6.45, 7) is 3.29. The molecule has 0 fully saturated rings. The second-order valence-corrected chi connectivity index (χ2v) is 5.77. The molecule has 6 nitrogen and oxygen atoms in total. The quantitative estimate of drug-likeness (QED) is 0.634. The number of carbonyl (C=O) groups is 1. The summed E-state index contributed by atoms with van der Waals surface area (Å²) >= 11 is 0. The van der Waals surface area contributed by atoms with Crippen molar-refractivity contribution in [3.05, 3.63) is 70.3 Å². The van der Waals surface area contributed by atoms with Gasteiger partial charge < -0.3 is 0 Å². The number of para-hydroxylation sites is 2. The second-order valence-electron chi connectivity index (χ2n) is 5.77. The van der Waals surface area contributed by atoms with Crippen LogP contribution in [0.1, 0.15) is 25.5 Å². The SMILES string of the molecule is CC(=O)[C@@H]1C(C)=NN(c2ccccc2)[C@@H]1c1ccccc1[N+](=O)[O-]. The van der Waals surface area contributed by atoms with Gasteiger partial charge in [-0.15, -0.1) is 0 Å². The van der Waals surface area contributed by atoms with Crippen molar-refractivity contribution in [1.82, 2.24) is 0 Å². The molecule has 0 saturated carbocycles. The highest BCUT2D eigenvalue weighted by Gasteiger charge is 2.42. The van der Waals surface area contributed by atoms with E-state index in [-0.39, 0.29) is 11.5 Å². The fourth-order valence-electron chi connectivity index (χ4n) is 3.19. The second kappa shape index (κ2) is 6.23. The summed E-state index contributed by atoms with van der Waals surface area (Å²) in [5.41, 5.74) is 1.95. The van der Waals surface area contributed by atoms with Crippen LogP contribution in [0.5, 0.6) is 0 Å². The Kier molecular flexibility index (Phi) is 4.12. The first-order valence-electron chi connectivity index (χ1n) is 7.64. The Labute approximate surface area is 139 Å². The van der Waals surface area contributed by atoms with Crippen molar-refractivity contribution in [2.24, 2.45) is 11.0 Å². The van der Waals surface area contributed by atoms with E-state index in [4.69, 9.17) is 0 Å². The Bertz CT molecular complexity index is 817. The first-order chi connectivity index (χ1) is 11.5. The van der Waals surface area contributed by atoms with E-state index in [1.54, 1.807) is 30.1 Å². The predicted molar refractivity (Wildman–Crippen MR) is 92.0 cm³/mol. The molecule has 0 N–H and O–H groups in total. The van der Waals surface area contributed by atoms with Crippen LogP contribution in [-0.4, -0.2) is 16.4 Å². The lowest BCUT2D eigenvalue weighted by Crippen LogP contribution is -2.30. The molecule has 0 saturated heterocycles. The number of carbonyl (C=O) groups excluding carboxylic acids is 1. The van der Waals surface area contributed by atoms with E-state index in [2.05, 4.69) is 5.10 Å². The number of rotatable bonds is 4. The van der Waals surface area contributed by atoms with E-state index in [1.807, 2.05) is 30.3 Å². The number of hydrazone groups is 1. The van der Waals surface area contributed by atoms with Gasteiger partial charge >= 0.3 is 0 Å². The van der Waals surface area contributed by atoms with Gasteiger partial charge in [0, 0.05) is 11.8 Å². The molecule has 1 heterocycles. The maximum atomic E-state index is 12.2. The number of anilines is 1. The lowest BCUT2D eigenvalue weighted by atomic mass is 9.86. The Morgan fingerprint density at radius 1 is 1.12 bits per heavy atom. The Balaban J connectivity index is 2.17. The molecule has 122 valence electrons. The predicted octanol–water partition coefficient (Wildman–Crippen LogP) is 3.74. The molecule has 2 atom stereocenters. The number of benzene rings is 2. The molecule has 0 bridgehead atoms. The smallest absolute Gasteiger partial charge is 0.274 e. The molecule has 24 heavy (non-hydrogen) atoms. The number of nitro benzene ring substituents is 1. The van der Waals surface area contributed by atoms with Crippen LogP contribution < -0.4 is 5.01 Å². The van der Waals surface area contributed by atoms with Crippen molar-refractivity contribution in [1.29, 1.82) is 0 Å². The van der Waals surface area contributed by atoms with Gasteiger partial charge in [0.2, 0.25) is 0 Å². The monoisotopic (exact) mass is 323 g/mol. The molecule has 0 spiro atoms. The average molecular weight is 323 g/mol. The molecular formula is C18H17N3O3. The van der Waals surface area contributed by atoms with Crippen molar-refractivity contribution >= 4 is 22.9 Å². The fraction of sp³-hybridized carbons (Fsp3) is 0.222. The summed E-state index contributed by atoms with van der Waals surface area (Å²) in [5.74, 6) is -0.566. The third kappa shape index (κ3) is 2.67. The van der Waals surface area contributed by atoms with Crippen LogP contribution in [0.2, 0.25) is 0 Å². The minimum Gasteiger partial charge on any atom is -0.299 e. The number of Topliss-reactive ketones (excluding diaryl/α,β-unsaturated/α-hetero) is 1. The Morgan fingerprint density at radius 2 is 1.75 bits per heavy atom. The highest BCUT2D eigenvalue weighted by molar-refractivity contribution is 6.06. The van der Waals surface area contributed by atoms with E-state index < -0.39 is 16.9 Å². The normalized spacial score (nSPS) is 19.9. The van der Waals surface area contributed by atoms with Gasteiger partial charge in [-0.05, 0) is 32.0 Å². The number of nitrogens with zero attached hydrogens (tertiary/aromatic N) is 3. The molecule has 6 heteroatoms. The van der Waals surface area contributed by atoms with Crippen molar-refractivity contribution in [3.8, 4) is 0 Å². The summed E-state index contributed by atoms with van der Waals surface area (Å²) in [7, 11) is 0. The molecule has 1 aliphatic heterocycles. The minimum atomic E-state index is -0.522. The Hall–Kier alpha value is -3.02. The Morgan fingerprint density at radius 3 is 2.38 bits per heavy atom. The summed E-state index contributed by atoms with van der Waals surface area (Å²) in [6, 6.07) is 15.4. The molecule has 0 amide bonds. The maximum Gasteiger partial charge on any atom is 0.274 e. The van der Waals surface area contributed by atoms with Gasteiger partial charge in [0.05, 0.1) is 28.1 Å². The zero-order chi connectivity index (χ0) is 17.3. The van der Waals surface area contributed by atoms with Crippen molar-refractivity contribution < 1.29 is 9.72 Å². The average Bonchev–Trinajstić information content (AvgIpc) is 2.93. The van der Waals surface area contributed by atoms with Gasteiger partial charge in [-0.3, -0.25) is 19.9 Å². The zero-order valence-electron chi connectivity index (χ0n) is 13.4. The van der Waals surface area contributed by atoms with Crippen LogP contribution in [0.25, 0.3) is 0 Å². The van der Waals surface area contributed by atoms with Crippen LogP contribution in [0.3, 0.4) is 0 Å². The maximum absolute atomic E-state index is 12.2. The summed E-state index contributed by atoms with van der Waals surface area (Å²) in [5, 5.41) is 17.7. The number of ketones is 1. The largest absolute Gasteiger partial charge is 0.299 e. The van der Waals surface area contributed by atoms with E-state index >= 15 is 0 Å². The van der Waals surface area contributed by atoms with Gasteiger partial charge in [0.25, 0.3) is 5.69 Å². The first-order valence-corrected chi connectivity index (χ1v) is 7.64. The molecule has 2 aromatic rings. The molecular weight excluding hydrogens is 306 g/mol. The molecule has 0 radical (unpaired) electrons. The molecule has 1 aliphatic rings. The van der Waals surface area contributed by atoms with Crippen LogP contribution in [0.15, 0.2) is 59.7 Å². The standard InChI is InChI=1S/C18H17N3O3/c1-12-17(13(2)22)18(15-10-6-7-11-16(15)21(23)24)20(19-12)14-8-4-3-5-9-14/h3-11,17-18H,1-2H3/t17-,18+/m0/s1. The number of hydrogen-bond donors (Lipinski definition) is 0. The fourth-order valence-corrected chi connectivity index (χ4v) is 3.19. The van der Waals surface area contributed by atoms with Gasteiger partial charge in [-0.2, -0.15) is 5.10 Å². The molecule has 0 aromatic heterocycles. The van der Waals surface area contributed by atoms with E-state index in [1.165, 1.54) is 13.0 Å². The van der Waals surface area contributed by atoms with Gasteiger partial charge in [-0.25, -0.2) is 0 Å². The third-order valence-corrected chi connectivity index (χ3v) is 4.21. The van der Waals surface area contributed by atoms with E-state index in [0.717, 1.165) is 5.69 Å². The topological polar surface area (TPSA) is 75.8 Å². The van der Waals surface area contributed by atoms with E-state index in [0.29, 0.717) is 11.3 Å². The summed E-state index contributed by atoms with van der Waals surface area (Å²) < 4.78 is 0. The molecule has 0 aliphatic carbocycles. The zero-order valence-corrected chi connectivity index (χ0v) is 13.4. The molecule has 0 unspecified atom stereocenters. The van der Waals surface area contributed by atoms with Gasteiger partial charge in [0.15, 0.2) is 0 Å². The summed E-state index contributed by atoms with van der Waals surface area (Å²) in [6.07, 6.45) is 0. The first kappa shape index (κ1) is 15.9. The van der Waals surface area contributed by atoms with E-state index in [9.17, 15) is 14.9 Å². The van der Waals surface area contributed by atoms with Crippen molar-refractivity contribution in [2.75, 3.05) is 5.01 Å². The third-order valence-electron chi connectivity index (χ3n) is 4.21. The van der Waals surface area contributed by atoms with Crippen LogP contribution in [-0.2, 0) is 4.79 Å². The molecule has 2 aromatic carbocycles. The minimum absolute atomic E-state index is 0.000388.